The van der Waals surface area contributed by atoms with Crippen molar-refractivity contribution in [2.75, 3.05) is 0 Å². The average Bonchev–Trinajstić information content (AvgIpc) is 2.46. The van der Waals surface area contributed by atoms with Gasteiger partial charge in [-0.1, -0.05) is 28.1 Å². The van der Waals surface area contributed by atoms with E-state index in [0.717, 1.165) is 15.5 Å². The molecule has 1 aromatic carbocycles. The number of thiocarbonyl (C=S) groups is 1. The molecule has 0 atom stereocenters. The third-order valence-electron chi connectivity index (χ3n) is 1.68. The lowest BCUT2D eigenvalue weighted by molar-refractivity contribution is 1.29. The van der Waals surface area contributed by atoms with Crippen molar-refractivity contribution in [1.29, 1.82) is 0 Å². The van der Waals surface area contributed by atoms with E-state index in [1.165, 1.54) is 0 Å². The summed E-state index contributed by atoms with van der Waals surface area (Å²) in [6, 6.07) is 5.76. The zero-order valence-corrected chi connectivity index (χ0v) is 8.95. The SMILES string of the molecule is NC(=S)c1nc2ccc(Br)cc2[nH]1. The minimum absolute atomic E-state index is 0.285. The van der Waals surface area contributed by atoms with E-state index in [1.807, 2.05) is 18.2 Å². The molecule has 3 N–H and O–H groups in total. The van der Waals surface area contributed by atoms with Gasteiger partial charge in [0, 0.05) is 4.47 Å². The highest BCUT2D eigenvalue weighted by Crippen LogP contribution is 2.17. The number of imidazole rings is 1. The molecule has 0 radical (unpaired) electrons. The van der Waals surface area contributed by atoms with Crippen molar-refractivity contribution >= 4 is 44.2 Å². The van der Waals surface area contributed by atoms with Crippen LogP contribution in [0.3, 0.4) is 0 Å². The van der Waals surface area contributed by atoms with Crippen LogP contribution in [0.15, 0.2) is 22.7 Å². The molecular weight excluding hydrogens is 250 g/mol. The lowest BCUT2D eigenvalue weighted by atomic mass is 10.3. The molecule has 2 rings (SSSR count). The molecule has 0 spiro atoms. The van der Waals surface area contributed by atoms with Gasteiger partial charge >= 0.3 is 0 Å². The zero-order chi connectivity index (χ0) is 9.42. The van der Waals surface area contributed by atoms with Crippen LogP contribution in [-0.4, -0.2) is 15.0 Å². The van der Waals surface area contributed by atoms with E-state index >= 15 is 0 Å². The number of aromatic nitrogens is 2. The third-order valence-corrected chi connectivity index (χ3v) is 2.36. The number of aromatic amines is 1. The normalized spacial score (nSPS) is 10.5. The Kier molecular flexibility index (Phi) is 2.05. The van der Waals surface area contributed by atoms with Crippen LogP contribution in [0.5, 0.6) is 0 Å². The Morgan fingerprint density at radius 1 is 1.54 bits per heavy atom. The van der Waals surface area contributed by atoms with Crippen molar-refractivity contribution in [2.45, 2.75) is 0 Å². The number of benzene rings is 1. The summed E-state index contributed by atoms with van der Waals surface area (Å²) in [6.45, 7) is 0. The Bertz CT molecular complexity index is 477. The number of hydrogen-bond donors (Lipinski definition) is 2. The van der Waals surface area contributed by atoms with Gasteiger partial charge in [-0.2, -0.15) is 0 Å². The van der Waals surface area contributed by atoms with Crippen LogP contribution in [0.25, 0.3) is 11.0 Å². The quantitative estimate of drug-likeness (QED) is 0.767. The summed E-state index contributed by atoms with van der Waals surface area (Å²) < 4.78 is 0.998. The molecule has 0 bridgehead atoms. The summed E-state index contributed by atoms with van der Waals surface area (Å²) >= 11 is 8.18. The number of halogens is 1. The number of nitrogens with two attached hydrogens (primary N) is 1. The molecule has 1 heterocycles. The maximum Gasteiger partial charge on any atom is 0.165 e. The number of nitrogens with one attached hydrogen (secondary N) is 1. The molecule has 1 aromatic heterocycles. The van der Waals surface area contributed by atoms with Crippen LogP contribution in [0.4, 0.5) is 0 Å². The van der Waals surface area contributed by atoms with Crippen molar-refractivity contribution in [2.24, 2.45) is 5.73 Å². The van der Waals surface area contributed by atoms with E-state index in [9.17, 15) is 0 Å². The Hall–Kier alpha value is -0.940. The van der Waals surface area contributed by atoms with Gasteiger partial charge in [-0.15, -0.1) is 0 Å². The summed E-state index contributed by atoms with van der Waals surface area (Å²) in [7, 11) is 0. The lowest BCUT2D eigenvalue weighted by Gasteiger charge is -1.87. The number of hydrogen-bond acceptors (Lipinski definition) is 2. The average molecular weight is 256 g/mol. The molecule has 2 aromatic rings. The Morgan fingerprint density at radius 3 is 3.00 bits per heavy atom. The second-order valence-corrected chi connectivity index (χ2v) is 3.97. The molecule has 0 aliphatic carbocycles. The van der Waals surface area contributed by atoms with E-state index in [0.29, 0.717) is 5.82 Å². The molecule has 0 fully saturated rings. The molecule has 0 saturated carbocycles. The first-order valence-corrected chi connectivity index (χ1v) is 4.82. The Morgan fingerprint density at radius 2 is 2.31 bits per heavy atom. The molecule has 0 unspecified atom stereocenters. The fraction of sp³-hybridized carbons (Fsp3) is 0. The second-order valence-electron chi connectivity index (χ2n) is 2.61. The monoisotopic (exact) mass is 255 g/mol. The van der Waals surface area contributed by atoms with Gasteiger partial charge in [0.2, 0.25) is 0 Å². The smallest absolute Gasteiger partial charge is 0.165 e. The van der Waals surface area contributed by atoms with Gasteiger partial charge in [-0.3, -0.25) is 0 Å². The molecule has 0 aliphatic heterocycles. The molecule has 66 valence electrons. The van der Waals surface area contributed by atoms with Gasteiger partial charge in [-0.05, 0) is 18.2 Å². The van der Waals surface area contributed by atoms with Crippen LogP contribution in [0, 0.1) is 0 Å². The van der Waals surface area contributed by atoms with Crippen LogP contribution in [0.1, 0.15) is 5.82 Å². The maximum atomic E-state index is 5.44. The Labute approximate surface area is 88.5 Å². The highest BCUT2D eigenvalue weighted by Gasteiger charge is 2.04. The summed E-state index contributed by atoms with van der Waals surface area (Å²) in [4.78, 5) is 7.52. The molecule has 0 amide bonds. The minimum atomic E-state index is 0.285. The standard InChI is InChI=1S/C8H6BrN3S/c9-4-1-2-5-6(3-4)12-8(11-5)7(10)13/h1-3H,(H2,10,13)(H,11,12). The molecule has 3 nitrogen and oxygen atoms in total. The molecule has 0 aliphatic rings. The van der Waals surface area contributed by atoms with Crippen molar-refractivity contribution in [3.05, 3.63) is 28.5 Å². The van der Waals surface area contributed by atoms with E-state index in [2.05, 4.69) is 25.9 Å². The maximum absolute atomic E-state index is 5.44. The van der Waals surface area contributed by atoms with Crippen molar-refractivity contribution in [3.63, 3.8) is 0 Å². The highest BCUT2D eigenvalue weighted by molar-refractivity contribution is 9.10. The number of rotatable bonds is 1. The first-order valence-electron chi connectivity index (χ1n) is 3.62. The summed E-state index contributed by atoms with van der Waals surface area (Å²) in [6.07, 6.45) is 0. The van der Waals surface area contributed by atoms with Gasteiger partial charge in [0.25, 0.3) is 0 Å². The first kappa shape index (κ1) is 8.65. The zero-order valence-electron chi connectivity index (χ0n) is 6.54. The first-order chi connectivity index (χ1) is 6.16. The van der Waals surface area contributed by atoms with Crippen LogP contribution >= 0.6 is 28.1 Å². The Balaban J connectivity index is 2.68. The molecule has 13 heavy (non-hydrogen) atoms. The van der Waals surface area contributed by atoms with E-state index in [1.54, 1.807) is 0 Å². The number of H-pyrrole nitrogens is 1. The van der Waals surface area contributed by atoms with Crippen molar-refractivity contribution in [1.82, 2.24) is 9.97 Å². The van der Waals surface area contributed by atoms with Crippen LogP contribution in [-0.2, 0) is 0 Å². The summed E-state index contributed by atoms with van der Waals surface area (Å²) in [5.74, 6) is 0.558. The largest absolute Gasteiger partial charge is 0.387 e. The molecular formula is C8H6BrN3S. The van der Waals surface area contributed by atoms with Crippen molar-refractivity contribution < 1.29 is 0 Å². The van der Waals surface area contributed by atoms with Gasteiger partial charge in [-0.25, -0.2) is 4.98 Å². The number of nitrogens with zero attached hydrogens (tertiary/aromatic N) is 1. The third kappa shape index (κ3) is 1.57. The van der Waals surface area contributed by atoms with Gasteiger partial charge in [0.1, 0.15) is 4.99 Å². The fourth-order valence-electron chi connectivity index (χ4n) is 1.10. The van der Waals surface area contributed by atoms with Crippen LogP contribution in [0.2, 0.25) is 0 Å². The van der Waals surface area contributed by atoms with Gasteiger partial charge in [0.05, 0.1) is 11.0 Å². The summed E-state index contributed by atoms with van der Waals surface area (Å²) in [5, 5.41) is 0. The van der Waals surface area contributed by atoms with E-state index < -0.39 is 0 Å². The van der Waals surface area contributed by atoms with E-state index in [-0.39, 0.29) is 4.99 Å². The molecule has 0 saturated heterocycles. The topological polar surface area (TPSA) is 54.7 Å². The minimum Gasteiger partial charge on any atom is -0.387 e. The second kappa shape index (κ2) is 3.08. The predicted molar refractivity (Wildman–Crippen MR) is 59.7 cm³/mol. The fourth-order valence-corrected chi connectivity index (χ4v) is 1.56. The van der Waals surface area contributed by atoms with Gasteiger partial charge in [0.15, 0.2) is 5.82 Å². The van der Waals surface area contributed by atoms with Gasteiger partial charge < -0.3 is 10.7 Å². The highest BCUT2D eigenvalue weighted by atomic mass is 79.9. The van der Waals surface area contributed by atoms with E-state index in [4.69, 9.17) is 18.0 Å². The van der Waals surface area contributed by atoms with Crippen LogP contribution < -0.4 is 5.73 Å². The van der Waals surface area contributed by atoms with Crippen molar-refractivity contribution in [3.8, 4) is 0 Å². The lowest BCUT2D eigenvalue weighted by Crippen LogP contribution is -2.10. The number of fused-ring (bicyclic) bond motifs is 1. The summed E-state index contributed by atoms with van der Waals surface area (Å²) in [5.41, 5.74) is 7.24. The predicted octanol–water partition coefficient (Wildman–Crippen LogP) is 1.96. The molecule has 5 heteroatoms.